The molecule has 1 aliphatic carbocycles. The number of carbonyl (C=O) groups is 1. The Hall–Kier alpha value is -0.360. The van der Waals surface area contributed by atoms with E-state index in [1.54, 1.807) is 0 Å². The number of halogens is 1. The summed E-state index contributed by atoms with van der Waals surface area (Å²) in [4.78, 5) is 17.0. The van der Waals surface area contributed by atoms with Crippen LogP contribution in [0.15, 0.2) is 0 Å². The molecule has 6 heteroatoms. The molecule has 0 bridgehead atoms. The van der Waals surface area contributed by atoms with Gasteiger partial charge in [-0.3, -0.25) is 9.69 Å². The fraction of sp³-hybridized carbons (Fsp3) is 0.941. The first-order valence-corrected chi connectivity index (χ1v) is 9.17. The molecule has 0 aromatic rings. The summed E-state index contributed by atoms with van der Waals surface area (Å²) in [5.41, 5.74) is 0. The van der Waals surface area contributed by atoms with Gasteiger partial charge in [0.05, 0.1) is 6.10 Å². The van der Waals surface area contributed by atoms with E-state index in [9.17, 15) is 4.79 Å². The maximum atomic E-state index is 12.4. The van der Waals surface area contributed by atoms with Gasteiger partial charge in [-0.15, -0.1) is 12.4 Å². The molecule has 0 spiro atoms. The number of nitrogens with zero attached hydrogens (tertiary/aromatic N) is 2. The molecule has 3 fully saturated rings. The smallest absolute Gasteiger partial charge is 0.223 e. The zero-order chi connectivity index (χ0) is 15.2. The number of carbonyl (C=O) groups excluding carboxylic acids is 1. The van der Waals surface area contributed by atoms with Crippen LogP contribution in [0.2, 0.25) is 0 Å². The summed E-state index contributed by atoms with van der Waals surface area (Å²) in [6.07, 6.45) is 8.75. The molecule has 3 rings (SSSR count). The number of hydrogen-bond donors (Lipinski definition) is 1. The van der Waals surface area contributed by atoms with Crippen LogP contribution in [-0.2, 0) is 9.53 Å². The topological polar surface area (TPSA) is 44.8 Å². The summed E-state index contributed by atoms with van der Waals surface area (Å²) in [5.74, 6) is 0.330. The average Bonchev–Trinajstić information content (AvgIpc) is 3.25. The van der Waals surface area contributed by atoms with E-state index in [1.165, 1.54) is 38.5 Å². The van der Waals surface area contributed by atoms with Crippen LogP contribution in [-0.4, -0.2) is 73.7 Å². The Morgan fingerprint density at radius 3 is 2.52 bits per heavy atom. The molecule has 134 valence electrons. The summed E-state index contributed by atoms with van der Waals surface area (Å²) in [7, 11) is 0. The summed E-state index contributed by atoms with van der Waals surface area (Å²) < 4.78 is 5.82. The SMILES string of the molecule is Cl.O=C(CCN(CC1CCCO1)C1CCCC1)N1CCNCC1. The monoisotopic (exact) mass is 345 g/mol. The molecule has 1 unspecified atom stereocenters. The van der Waals surface area contributed by atoms with E-state index in [2.05, 4.69) is 10.2 Å². The van der Waals surface area contributed by atoms with E-state index in [-0.39, 0.29) is 12.4 Å². The van der Waals surface area contributed by atoms with Gasteiger partial charge < -0.3 is 15.0 Å². The van der Waals surface area contributed by atoms with Crippen LogP contribution < -0.4 is 5.32 Å². The lowest BCUT2D eigenvalue weighted by atomic mass is 10.1. The van der Waals surface area contributed by atoms with Crippen LogP contribution in [0.5, 0.6) is 0 Å². The maximum Gasteiger partial charge on any atom is 0.223 e. The van der Waals surface area contributed by atoms with Gasteiger partial charge in [0, 0.05) is 58.3 Å². The fourth-order valence-electron chi connectivity index (χ4n) is 4.05. The van der Waals surface area contributed by atoms with E-state index >= 15 is 0 Å². The van der Waals surface area contributed by atoms with Crippen LogP contribution in [0.1, 0.15) is 44.9 Å². The molecular formula is C17H32ClN3O2. The number of piperazine rings is 1. The molecule has 2 aliphatic heterocycles. The van der Waals surface area contributed by atoms with Gasteiger partial charge in [-0.05, 0) is 25.7 Å². The normalized spacial score (nSPS) is 25.8. The second kappa shape index (κ2) is 9.82. The van der Waals surface area contributed by atoms with Crippen LogP contribution in [0.3, 0.4) is 0 Å². The van der Waals surface area contributed by atoms with E-state index in [0.717, 1.165) is 45.9 Å². The summed E-state index contributed by atoms with van der Waals surface area (Å²) in [6.45, 7) is 6.47. The number of amides is 1. The van der Waals surface area contributed by atoms with E-state index in [1.807, 2.05) is 4.90 Å². The van der Waals surface area contributed by atoms with E-state index in [0.29, 0.717) is 24.5 Å². The summed E-state index contributed by atoms with van der Waals surface area (Å²) in [6, 6.07) is 0.681. The van der Waals surface area contributed by atoms with Gasteiger partial charge in [-0.2, -0.15) is 0 Å². The first-order chi connectivity index (χ1) is 10.8. The predicted molar refractivity (Wildman–Crippen MR) is 94.1 cm³/mol. The van der Waals surface area contributed by atoms with Crippen molar-refractivity contribution in [1.29, 1.82) is 0 Å². The van der Waals surface area contributed by atoms with Gasteiger partial charge in [0.2, 0.25) is 5.91 Å². The third-order valence-electron chi connectivity index (χ3n) is 5.39. The molecule has 1 saturated carbocycles. The standard InChI is InChI=1S/C17H31N3O2.ClH/c21-17(19-11-8-18-9-12-19)7-10-20(15-4-1-2-5-15)14-16-6-3-13-22-16;/h15-16,18H,1-14H2;1H. The summed E-state index contributed by atoms with van der Waals surface area (Å²) >= 11 is 0. The van der Waals surface area contributed by atoms with Crippen molar-refractivity contribution in [2.45, 2.75) is 57.1 Å². The van der Waals surface area contributed by atoms with E-state index < -0.39 is 0 Å². The lowest BCUT2D eigenvalue weighted by Gasteiger charge is -2.32. The largest absolute Gasteiger partial charge is 0.377 e. The molecule has 5 nitrogen and oxygen atoms in total. The first kappa shape index (κ1) is 19.0. The second-order valence-corrected chi connectivity index (χ2v) is 6.95. The lowest BCUT2D eigenvalue weighted by molar-refractivity contribution is -0.132. The lowest BCUT2D eigenvalue weighted by Crippen LogP contribution is -2.48. The Kier molecular flexibility index (Phi) is 8.10. The molecule has 1 N–H and O–H groups in total. The Morgan fingerprint density at radius 1 is 1.13 bits per heavy atom. The molecule has 0 aromatic carbocycles. The zero-order valence-electron chi connectivity index (χ0n) is 14.2. The Balaban J connectivity index is 0.00000192. The highest BCUT2D eigenvalue weighted by atomic mass is 35.5. The second-order valence-electron chi connectivity index (χ2n) is 6.95. The van der Waals surface area contributed by atoms with Crippen molar-refractivity contribution in [1.82, 2.24) is 15.1 Å². The van der Waals surface area contributed by atoms with Gasteiger partial charge in [0.15, 0.2) is 0 Å². The highest BCUT2D eigenvalue weighted by Gasteiger charge is 2.27. The van der Waals surface area contributed by atoms with Gasteiger partial charge in [0.1, 0.15) is 0 Å². The highest BCUT2D eigenvalue weighted by Crippen LogP contribution is 2.25. The first-order valence-electron chi connectivity index (χ1n) is 9.17. The van der Waals surface area contributed by atoms with Crippen LogP contribution >= 0.6 is 12.4 Å². The molecule has 1 amide bonds. The van der Waals surface area contributed by atoms with Crippen molar-refractivity contribution in [2.75, 3.05) is 45.9 Å². The van der Waals surface area contributed by atoms with Gasteiger partial charge >= 0.3 is 0 Å². The Morgan fingerprint density at radius 2 is 1.87 bits per heavy atom. The molecular weight excluding hydrogens is 314 g/mol. The van der Waals surface area contributed by atoms with Crippen molar-refractivity contribution in [3.8, 4) is 0 Å². The van der Waals surface area contributed by atoms with Crippen molar-refractivity contribution in [2.24, 2.45) is 0 Å². The van der Waals surface area contributed by atoms with Gasteiger partial charge in [-0.1, -0.05) is 12.8 Å². The average molecular weight is 346 g/mol. The van der Waals surface area contributed by atoms with Crippen molar-refractivity contribution >= 4 is 18.3 Å². The Bertz CT molecular complexity index is 352. The van der Waals surface area contributed by atoms with Crippen LogP contribution in [0.25, 0.3) is 0 Å². The van der Waals surface area contributed by atoms with Crippen LogP contribution in [0, 0.1) is 0 Å². The third-order valence-corrected chi connectivity index (χ3v) is 5.39. The van der Waals surface area contributed by atoms with Crippen molar-refractivity contribution in [3.63, 3.8) is 0 Å². The quantitative estimate of drug-likeness (QED) is 0.795. The molecule has 0 radical (unpaired) electrons. The molecule has 1 atom stereocenters. The fourth-order valence-corrected chi connectivity index (χ4v) is 4.05. The number of rotatable bonds is 6. The van der Waals surface area contributed by atoms with Crippen molar-refractivity contribution in [3.05, 3.63) is 0 Å². The number of nitrogens with one attached hydrogen (secondary N) is 1. The minimum absolute atomic E-state index is 0. The maximum absolute atomic E-state index is 12.4. The number of ether oxygens (including phenoxy) is 1. The van der Waals surface area contributed by atoms with Gasteiger partial charge in [0.25, 0.3) is 0 Å². The molecule has 2 saturated heterocycles. The molecule has 2 heterocycles. The third kappa shape index (κ3) is 5.59. The Labute approximate surface area is 146 Å². The number of hydrogen-bond acceptors (Lipinski definition) is 4. The minimum atomic E-state index is 0. The zero-order valence-corrected chi connectivity index (χ0v) is 15.0. The van der Waals surface area contributed by atoms with Crippen LogP contribution in [0.4, 0.5) is 0 Å². The molecule has 3 aliphatic rings. The summed E-state index contributed by atoms with van der Waals surface area (Å²) in [5, 5.41) is 3.31. The van der Waals surface area contributed by atoms with Gasteiger partial charge in [-0.25, -0.2) is 0 Å². The highest BCUT2D eigenvalue weighted by molar-refractivity contribution is 5.85. The predicted octanol–water partition coefficient (Wildman–Crippen LogP) is 1.65. The van der Waals surface area contributed by atoms with Crippen molar-refractivity contribution < 1.29 is 9.53 Å². The van der Waals surface area contributed by atoms with E-state index in [4.69, 9.17) is 4.74 Å². The minimum Gasteiger partial charge on any atom is -0.377 e. The molecule has 23 heavy (non-hydrogen) atoms. The molecule has 0 aromatic heterocycles.